The van der Waals surface area contributed by atoms with E-state index in [1.165, 1.54) is 6.07 Å². The van der Waals surface area contributed by atoms with Gasteiger partial charge in [0.25, 0.3) is 5.56 Å². The molecular formula is C28H29FN2O6. The van der Waals surface area contributed by atoms with Gasteiger partial charge in [0.15, 0.2) is 5.60 Å². The van der Waals surface area contributed by atoms with Crippen molar-refractivity contribution in [2.24, 2.45) is 0 Å². The number of hydrogen-bond donors (Lipinski definition) is 2. The molecule has 1 aromatic carbocycles. The Balaban J connectivity index is 1.66. The largest absolute Gasteiger partial charge is 0.458 e. The average Bonchev–Trinajstić information content (AvgIpc) is 3.24. The zero-order chi connectivity index (χ0) is 26.3. The summed E-state index contributed by atoms with van der Waals surface area (Å²) in [4.78, 5) is 31.0. The van der Waals surface area contributed by atoms with E-state index < -0.39 is 17.0 Å². The van der Waals surface area contributed by atoms with Crippen molar-refractivity contribution in [3.63, 3.8) is 0 Å². The van der Waals surface area contributed by atoms with Gasteiger partial charge < -0.3 is 24.3 Å². The summed E-state index contributed by atoms with van der Waals surface area (Å²) < 4.78 is 27.6. The molecule has 0 amide bonds. The highest BCUT2D eigenvalue weighted by Crippen LogP contribution is 2.48. The van der Waals surface area contributed by atoms with Crippen molar-refractivity contribution < 1.29 is 28.9 Å². The number of carbonyl (C=O) groups is 1. The number of esters is 1. The summed E-state index contributed by atoms with van der Waals surface area (Å²) >= 11 is 0. The molecule has 6 rings (SSSR count). The van der Waals surface area contributed by atoms with Crippen LogP contribution in [0.4, 0.5) is 4.39 Å². The first-order valence-corrected chi connectivity index (χ1v) is 12.7. The fourth-order valence-electron chi connectivity index (χ4n) is 6.40. The molecule has 0 saturated carbocycles. The monoisotopic (exact) mass is 508 g/mol. The Morgan fingerprint density at radius 1 is 1.24 bits per heavy atom. The van der Waals surface area contributed by atoms with Crippen molar-refractivity contribution in [3.8, 4) is 11.4 Å². The Hall–Kier alpha value is -3.14. The summed E-state index contributed by atoms with van der Waals surface area (Å²) in [5, 5.41) is 21.3. The zero-order valence-electron chi connectivity index (χ0n) is 21.1. The van der Waals surface area contributed by atoms with Crippen LogP contribution in [0, 0.1) is 12.7 Å². The summed E-state index contributed by atoms with van der Waals surface area (Å²) in [5.74, 6) is -1.10. The van der Waals surface area contributed by atoms with Crippen LogP contribution in [0.25, 0.3) is 22.3 Å². The van der Waals surface area contributed by atoms with Crippen molar-refractivity contribution in [3.05, 3.63) is 61.7 Å². The highest BCUT2D eigenvalue weighted by atomic mass is 19.1. The highest BCUT2D eigenvalue weighted by molar-refractivity contribution is 5.94. The molecule has 3 aliphatic rings. The van der Waals surface area contributed by atoms with Crippen LogP contribution in [-0.4, -0.2) is 45.6 Å². The van der Waals surface area contributed by atoms with E-state index >= 15 is 0 Å². The van der Waals surface area contributed by atoms with Gasteiger partial charge in [-0.15, -0.1) is 0 Å². The van der Waals surface area contributed by atoms with Gasteiger partial charge in [0.05, 0.1) is 48.8 Å². The molecule has 1 aliphatic carbocycles. The molecule has 0 fully saturated rings. The molecule has 0 spiro atoms. The van der Waals surface area contributed by atoms with Gasteiger partial charge in [0.2, 0.25) is 0 Å². The average molecular weight is 509 g/mol. The molecule has 2 N–H and O–H groups in total. The minimum absolute atomic E-state index is 0.0547. The summed E-state index contributed by atoms with van der Waals surface area (Å²) in [7, 11) is 0. The number of aliphatic hydroxyl groups excluding tert-OH is 1. The van der Waals surface area contributed by atoms with Gasteiger partial charge in [0.1, 0.15) is 12.4 Å². The number of pyridine rings is 2. The molecule has 4 heterocycles. The first-order valence-electron chi connectivity index (χ1n) is 12.7. The molecule has 9 heteroatoms. The lowest BCUT2D eigenvalue weighted by molar-refractivity contribution is -0.172. The number of carbonyl (C=O) groups excluding carboxylic acids is 1. The van der Waals surface area contributed by atoms with Crippen LogP contribution in [0.1, 0.15) is 60.1 Å². The predicted molar refractivity (Wildman–Crippen MR) is 133 cm³/mol. The van der Waals surface area contributed by atoms with Crippen LogP contribution in [-0.2, 0) is 44.9 Å². The first-order chi connectivity index (χ1) is 17.6. The number of aliphatic hydroxyl groups is 2. The van der Waals surface area contributed by atoms with Gasteiger partial charge in [-0.2, -0.15) is 0 Å². The molecule has 3 aromatic rings. The van der Waals surface area contributed by atoms with Gasteiger partial charge in [-0.05, 0) is 48.9 Å². The van der Waals surface area contributed by atoms with Crippen LogP contribution < -0.4 is 5.56 Å². The molecule has 2 atom stereocenters. The van der Waals surface area contributed by atoms with Gasteiger partial charge in [-0.25, -0.2) is 14.2 Å². The second kappa shape index (κ2) is 8.18. The van der Waals surface area contributed by atoms with Crippen molar-refractivity contribution in [2.75, 3.05) is 19.8 Å². The maximum atomic E-state index is 15.0. The lowest BCUT2D eigenvalue weighted by Crippen LogP contribution is -2.44. The van der Waals surface area contributed by atoms with Gasteiger partial charge in [0, 0.05) is 28.0 Å². The number of nitrogens with zero attached hydrogens (tertiary/aromatic N) is 2. The molecule has 0 saturated heterocycles. The number of benzene rings is 1. The highest BCUT2D eigenvalue weighted by Gasteiger charge is 2.46. The summed E-state index contributed by atoms with van der Waals surface area (Å²) in [5.41, 5.74) is 2.70. The smallest absolute Gasteiger partial charge is 0.343 e. The SMILES string of the molecule is CC[C@@]1(O)C(=O)OCc2c1cc1n(c2=O)Cc2c-1nc1cc(F)c(C)c3c1c2C(C)(COCCO)CC3. The molecule has 194 valence electrons. The quantitative estimate of drug-likeness (QED) is 0.315. The molecular weight excluding hydrogens is 479 g/mol. The predicted octanol–water partition coefficient (Wildman–Crippen LogP) is 2.74. The zero-order valence-corrected chi connectivity index (χ0v) is 21.1. The second-order valence-corrected chi connectivity index (χ2v) is 10.6. The van der Waals surface area contributed by atoms with Crippen LogP contribution in [0.3, 0.4) is 0 Å². The number of rotatable bonds is 5. The van der Waals surface area contributed by atoms with E-state index in [1.807, 2.05) is 0 Å². The third-order valence-electron chi connectivity index (χ3n) is 8.49. The number of halogens is 1. The third-order valence-corrected chi connectivity index (χ3v) is 8.49. The standard InChI is InChI=1S/C28H29FN2O6/c1-4-28(35)18-9-21-24-16(11-31(21)25(33)17(18)12-37-26(28)34)23-22-15(14(2)19(29)10-20(22)30-24)5-6-27(23,3)13-36-8-7-32/h9-10,32,35H,4-8,11-13H2,1-3H3/t27?,28-/m0/s1. The second-order valence-electron chi connectivity index (χ2n) is 10.6. The van der Waals surface area contributed by atoms with Gasteiger partial charge in [-0.3, -0.25) is 4.79 Å². The maximum Gasteiger partial charge on any atom is 0.343 e. The Morgan fingerprint density at radius 2 is 2.03 bits per heavy atom. The molecule has 1 unspecified atom stereocenters. The third kappa shape index (κ3) is 3.20. The van der Waals surface area contributed by atoms with Crippen LogP contribution in [0.15, 0.2) is 16.9 Å². The minimum atomic E-state index is -1.92. The number of aryl methyl sites for hydroxylation is 1. The number of hydrogen-bond acceptors (Lipinski definition) is 7. The molecule has 2 aromatic heterocycles. The van der Waals surface area contributed by atoms with Gasteiger partial charge in [-0.1, -0.05) is 13.8 Å². The topological polar surface area (TPSA) is 111 Å². The van der Waals surface area contributed by atoms with Crippen molar-refractivity contribution in [1.82, 2.24) is 9.55 Å². The minimum Gasteiger partial charge on any atom is -0.458 e. The number of aromatic nitrogens is 2. The van der Waals surface area contributed by atoms with Crippen LogP contribution in [0.5, 0.6) is 0 Å². The van der Waals surface area contributed by atoms with E-state index in [9.17, 15) is 24.2 Å². The van der Waals surface area contributed by atoms with Crippen LogP contribution in [0.2, 0.25) is 0 Å². The fourth-order valence-corrected chi connectivity index (χ4v) is 6.40. The Bertz CT molecular complexity index is 1560. The van der Waals surface area contributed by atoms with E-state index in [4.69, 9.17) is 14.5 Å². The maximum absolute atomic E-state index is 15.0. The number of fused-ring (bicyclic) bond motifs is 5. The van der Waals surface area contributed by atoms with Crippen molar-refractivity contribution in [1.29, 1.82) is 0 Å². The molecule has 2 aliphatic heterocycles. The van der Waals surface area contributed by atoms with E-state index in [0.717, 1.165) is 22.1 Å². The summed E-state index contributed by atoms with van der Waals surface area (Å²) in [6, 6.07) is 3.11. The van der Waals surface area contributed by atoms with Gasteiger partial charge >= 0.3 is 5.97 Å². The Morgan fingerprint density at radius 3 is 2.76 bits per heavy atom. The lowest BCUT2D eigenvalue weighted by Gasteiger charge is -2.37. The van der Waals surface area contributed by atoms with E-state index in [0.29, 0.717) is 41.9 Å². The Kier molecular flexibility index (Phi) is 5.35. The first kappa shape index (κ1) is 24.2. The number of cyclic esters (lactones) is 1. The fraction of sp³-hybridized carbons (Fsp3) is 0.464. The number of ether oxygens (including phenoxy) is 2. The molecule has 0 bridgehead atoms. The normalized spacial score (nSPS) is 23.6. The van der Waals surface area contributed by atoms with E-state index in [-0.39, 0.29) is 55.3 Å². The lowest BCUT2D eigenvalue weighted by atomic mass is 9.69. The molecule has 37 heavy (non-hydrogen) atoms. The summed E-state index contributed by atoms with van der Waals surface area (Å²) in [6.07, 6.45) is 1.43. The van der Waals surface area contributed by atoms with E-state index in [1.54, 1.807) is 24.5 Å². The Labute approximate surface area is 212 Å². The van der Waals surface area contributed by atoms with Crippen molar-refractivity contribution >= 4 is 16.9 Å². The van der Waals surface area contributed by atoms with Crippen LogP contribution >= 0.6 is 0 Å². The van der Waals surface area contributed by atoms with E-state index in [2.05, 4.69) is 6.92 Å². The summed E-state index contributed by atoms with van der Waals surface area (Å²) in [6.45, 7) is 6.08. The molecule has 8 nitrogen and oxygen atoms in total. The molecule has 0 radical (unpaired) electrons. The van der Waals surface area contributed by atoms with Crippen molar-refractivity contribution in [2.45, 2.75) is 64.2 Å².